The molecule has 0 atom stereocenters. The average molecular weight is 429 g/mol. The summed E-state index contributed by atoms with van der Waals surface area (Å²) in [5.74, 6) is 1.10. The van der Waals surface area contributed by atoms with Gasteiger partial charge in [0.05, 0.1) is 12.5 Å². The zero-order valence-corrected chi connectivity index (χ0v) is 18.2. The maximum atomic E-state index is 13.7. The first-order valence-electron chi connectivity index (χ1n) is 10.6. The molecule has 0 aromatic heterocycles. The standard InChI is InChI=1S/C24H29ClN2O3/c1-29-22-8-7-21(25)17-19(22)18-26-11-13-27(14-12-26)23(28)24(9-15-30-16-10-24)20-5-3-2-4-6-20/h2-8,17H,9-16,18H2,1H3. The van der Waals surface area contributed by atoms with E-state index in [9.17, 15) is 4.79 Å². The predicted molar refractivity (Wildman–Crippen MR) is 118 cm³/mol. The quantitative estimate of drug-likeness (QED) is 0.727. The van der Waals surface area contributed by atoms with Gasteiger partial charge in [0.1, 0.15) is 5.75 Å². The lowest BCUT2D eigenvalue weighted by atomic mass is 9.73. The van der Waals surface area contributed by atoms with E-state index >= 15 is 0 Å². The summed E-state index contributed by atoms with van der Waals surface area (Å²) in [6.45, 7) is 5.17. The van der Waals surface area contributed by atoms with Gasteiger partial charge < -0.3 is 14.4 Å². The first-order valence-corrected chi connectivity index (χ1v) is 11.0. The highest BCUT2D eigenvalue weighted by molar-refractivity contribution is 6.30. The smallest absolute Gasteiger partial charge is 0.233 e. The molecular formula is C24H29ClN2O3. The lowest BCUT2D eigenvalue weighted by Gasteiger charge is -2.43. The van der Waals surface area contributed by atoms with Crippen molar-refractivity contribution < 1.29 is 14.3 Å². The molecule has 5 nitrogen and oxygen atoms in total. The van der Waals surface area contributed by atoms with E-state index < -0.39 is 5.41 Å². The molecule has 30 heavy (non-hydrogen) atoms. The van der Waals surface area contributed by atoms with Crippen molar-refractivity contribution >= 4 is 17.5 Å². The highest BCUT2D eigenvalue weighted by Crippen LogP contribution is 2.37. The largest absolute Gasteiger partial charge is 0.496 e. The zero-order chi connectivity index (χ0) is 21.0. The Hall–Kier alpha value is -2.08. The summed E-state index contributed by atoms with van der Waals surface area (Å²) < 4.78 is 11.1. The summed E-state index contributed by atoms with van der Waals surface area (Å²) in [6, 6.07) is 15.9. The molecule has 1 amide bonds. The van der Waals surface area contributed by atoms with Crippen LogP contribution in [0.3, 0.4) is 0 Å². The number of benzene rings is 2. The molecule has 4 rings (SSSR count). The van der Waals surface area contributed by atoms with Gasteiger partial charge in [0.2, 0.25) is 5.91 Å². The number of methoxy groups -OCH3 is 1. The van der Waals surface area contributed by atoms with Crippen molar-refractivity contribution in [3.05, 3.63) is 64.7 Å². The van der Waals surface area contributed by atoms with Crippen LogP contribution in [0.15, 0.2) is 48.5 Å². The second-order valence-electron chi connectivity index (χ2n) is 8.09. The Morgan fingerprint density at radius 3 is 2.43 bits per heavy atom. The third-order valence-electron chi connectivity index (χ3n) is 6.38. The van der Waals surface area contributed by atoms with Crippen LogP contribution in [-0.4, -0.2) is 62.2 Å². The number of hydrogen-bond donors (Lipinski definition) is 0. The highest BCUT2D eigenvalue weighted by Gasteiger charge is 2.44. The molecule has 2 aromatic rings. The molecule has 0 saturated carbocycles. The van der Waals surface area contributed by atoms with E-state index in [4.69, 9.17) is 21.1 Å². The molecule has 2 aliphatic rings. The van der Waals surface area contributed by atoms with E-state index in [1.807, 2.05) is 41.3 Å². The third-order valence-corrected chi connectivity index (χ3v) is 6.61. The molecule has 2 aromatic carbocycles. The Morgan fingerprint density at radius 2 is 1.77 bits per heavy atom. The van der Waals surface area contributed by atoms with Crippen molar-refractivity contribution in [2.75, 3.05) is 46.5 Å². The van der Waals surface area contributed by atoms with E-state index in [-0.39, 0.29) is 5.91 Å². The van der Waals surface area contributed by atoms with Gasteiger partial charge in [-0.05, 0) is 36.6 Å². The molecule has 2 saturated heterocycles. The van der Waals surface area contributed by atoms with Gasteiger partial charge in [-0.1, -0.05) is 41.9 Å². The van der Waals surface area contributed by atoms with E-state index in [2.05, 4.69) is 17.0 Å². The Morgan fingerprint density at radius 1 is 1.07 bits per heavy atom. The maximum Gasteiger partial charge on any atom is 0.233 e. The molecule has 0 N–H and O–H groups in total. The van der Waals surface area contributed by atoms with Gasteiger partial charge in [-0.25, -0.2) is 0 Å². The average Bonchev–Trinajstić information content (AvgIpc) is 2.80. The van der Waals surface area contributed by atoms with Crippen LogP contribution in [-0.2, 0) is 21.5 Å². The summed E-state index contributed by atoms with van der Waals surface area (Å²) in [4.78, 5) is 18.1. The lowest BCUT2D eigenvalue weighted by molar-refractivity contribution is -0.143. The summed E-state index contributed by atoms with van der Waals surface area (Å²) in [5.41, 5.74) is 1.73. The van der Waals surface area contributed by atoms with Crippen molar-refractivity contribution in [1.29, 1.82) is 0 Å². The minimum absolute atomic E-state index is 0.247. The lowest BCUT2D eigenvalue weighted by Crippen LogP contribution is -2.55. The number of halogens is 1. The molecule has 6 heteroatoms. The topological polar surface area (TPSA) is 42.0 Å². The van der Waals surface area contributed by atoms with Gasteiger partial charge in [0.25, 0.3) is 0 Å². The molecule has 0 bridgehead atoms. The molecular weight excluding hydrogens is 400 g/mol. The number of ether oxygens (including phenoxy) is 2. The molecule has 0 spiro atoms. The highest BCUT2D eigenvalue weighted by atomic mass is 35.5. The van der Waals surface area contributed by atoms with Crippen molar-refractivity contribution in [2.24, 2.45) is 0 Å². The Kier molecular flexibility index (Phi) is 6.61. The normalized spacial score (nSPS) is 19.5. The van der Waals surface area contributed by atoms with Crippen molar-refractivity contribution in [2.45, 2.75) is 24.8 Å². The number of carbonyl (C=O) groups excluding carboxylic acids is 1. The van der Waals surface area contributed by atoms with Crippen LogP contribution in [0.5, 0.6) is 5.75 Å². The van der Waals surface area contributed by atoms with Gasteiger partial charge in [-0.2, -0.15) is 0 Å². The Balaban J connectivity index is 1.44. The minimum atomic E-state index is -0.460. The van der Waals surface area contributed by atoms with E-state index in [1.54, 1.807) is 7.11 Å². The monoisotopic (exact) mass is 428 g/mol. The van der Waals surface area contributed by atoms with Gasteiger partial charge in [0.15, 0.2) is 0 Å². The van der Waals surface area contributed by atoms with E-state index in [0.29, 0.717) is 18.2 Å². The fraction of sp³-hybridized carbons (Fsp3) is 0.458. The Bertz CT molecular complexity index is 860. The van der Waals surface area contributed by atoms with E-state index in [1.165, 1.54) is 0 Å². The molecule has 2 aliphatic heterocycles. The van der Waals surface area contributed by atoms with Gasteiger partial charge in [-0.3, -0.25) is 9.69 Å². The second-order valence-corrected chi connectivity index (χ2v) is 8.52. The summed E-state index contributed by atoms with van der Waals surface area (Å²) in [7, 11) is 1.68. The van der Waals surface area contributed by atoms with Crippen LogP contribution in [0.1, 0.15) is 24.0 Å². The number of amides is 1. The van der Waals surface area contributed by atoms with Gasteiger partial charge >= 0.3 is 0 Å². The zero-order valence-electron chi connectivity index (χ0n) is 17.5. The minimum Gasteiger partial charge on any atom is -0.496 e. The molecule has 0 unspecified atom stereocenters. The molecule has 2 fully saturated rings. The van der Waals surface area contributed by atoms with Crippen LogP contribution in [0.25, 0.3) is 0 Å². The third kappa shape index (κ3) is 4.34. The van der Waals surface area contributed by atoms with Crippen LogP contribution in [0.4, 0.5) is 0 Å². The van der Waals surface area contributed by atoms with Crippen LogP contribution in [0.2, 0.25) is 5.02 Å². The van der Waals surface area contributed by atoms with Crippen molar-refractivity contribution in [1.82, 2.24) is 9.80 Å². The van der Waals surface area contributed by atoms with Gasteiger partial charge in [-0.15, -0.1) is 0 Å². The number of carbonyl (C=O) groups is 1. The van der Waals surface area contributed by atoms with Crippen LogP contribution in [0, 0.1) is 0 Å². The van der Waals surface area contributed by atoms with Crippen LogP contribution >= 0.6 is 11.6 Å². The van der Waals surface area contributed by atoms with Crippen molar-refractivity contribution in [3.63, 3.8) is 0 Å². The fourth-order valence-electron chi connectivity index (χ4n) is 4.63. The number of hydrogen-bond acceptors (Lipinski definition) is 4. The SMILES string of the molecule is COc1ccc(Cl)cc1CN1CCN(C(=O)C2(c3ccccc3)CCOCC2)CC1. The summed E-state index contributed by atoms with van der Waals surface area (Å²) in [6.07, 6.45) is 1.49. The summed E-state index contributed by atoms with van der Waals surface area (Å²) in [5, 5.41) is 0.712. The molecule has 160 valence electrons. The molecule has 2 heterocycles. The summed E-state index contributed by atoms with van der Waals surface area (Å²) >= 11 is 6.18. The first-order chi connectivity index (χ1) is 14.6. The van der Waals surface area contributed by atoms with Crippen molar-refractivity contribution in [3.8, 4) is 5.75 Å². The molecule has 0 radical (unpaired) electrons. The first kappa shape index (κ1) is 21.2. The number of nitrogens with zero attached hydrogens (tertiary/aromatic N) is 2. The maximum absolute atomic E-state index is 13.7. The predicted octanol–water partition coefficient (Wildman–Crippen LogP) is 3.74. The van der Waals surface area contributed by atoms with Gasteiger partial charge in [0, 0.05) is 56.5 Å². The number of piperazine rings is 1. The fourth-order valence-corrected chi connectivity index (χ4v) is 4.82. The molecule has 0 aliphatic carbocycles. The Labute approximate surface area is 183 Å². The van der Waals surface area contributed by atoms with E-state index in [0.717, 1.165) is 62.4 Å². The number of rotatable bonds is 5. The second kappa shape index (κ2) is 9.38. The van der Waals surface area contributed by atoms with Crippen LogP contribution < -0.4 is 4.74 Å².